The quantitative estimate of drug-likeness (QED) is 0.743. The van der Waals surface area contributed by atoms with Gasteiger partial charge in [0.25, 0.3) is 5.91 Å². The number of carbonyl (C=O) groups excluding carboxylic acids is 1. The highest BCUT2D eigenvalue weighted by atomic mass is 16.2. The zero-order valence-corrected chi connectivity index (χ0v) is 15.6. The van der Waals surface area contributed by atoms with Gasteiger partial charge in [-0.05, 0) is 50.2 Å². The van der Waals surface area contributed by atoms with Crippen molar-refractivity contribution in [3.63, 3.8) is 0 Å². The van der Waals surface area contributed by atoms with E-state index in [1.165, 1.54) is 0 Å². The van der Waals surface area contributed by atoms with Crippen LogP contribution in [0.3, 0.4) is 0 Å². The summed E-state index contributed by atoms with van der Waals surface area (Å²) < 4.78 is 0. The van der Waals surface area contributed by atoms with E-state index < -0.39 is 0 Å². The molecule has 7 nitrogen and oxygen atoms in total. The lowest BCUT2D eigenvalue weighted by Gasteiger charge is -2.32. The number of fused-ring (bicyclic) bond motifs is 1. The van der Waals surface area contributed by atoms with Crippen LogP contribution < -0.4 is 15.1 Å². The molecular formula is C20H24N6O. The van der Waals surface area contributed by atoms with E-state index in [-0.39, 0.29) is 5.91 Å². The summed E-state index contributed by atoms with van der Waals surface area (Å²) in [7, 11) is 3.84. The number of piperidine rings is 1. The second-order valence-corrected chi connectivity index (χ2v) is 6.96. The van der Waals surface area contributed by atoms with Gasteiger partial charge in [0, 0.05) is 38.1 Å². The lowest BCUT2D eigenvalue weighted by molar-refractivity contribution is 0.0993. The lowest BCUT2D eigenvalue weighted by atomic mass is 10.1. The van der Waals surface area contributed by atoms with Crippen molar-refractivity contribution in [2.75, 3.05) is 37.0 Å². The summed E-state index contributed by atoms with van der Waals surface area (Å²) in [4.78, 5) is 28.8. The van der Waals surface area contributed by atoms with E-state index in [0.29, 0.717) is 11.6 Å². The third-order valence-electron chi connectivity index (χ3n) is 5.27. The maximum atomic E-state index is 12.7. The van der Waals surface area contributed by atoms with E-state index >= 15 is 0 Å². The molecule has 0 unspecified atom stereocenters. The summed E-state index contributed by atoms with van der Waals surface area (Å²) in [6.07, 6.45) is 7.60. The summed E-state index contributed by atoms with van der Waals surface area (Å²) in [5.74, 6) is 0.798. The first-order valence-electron chi connectivity index (χ1n) is 9.24. The van der Waals surface area contributed by atoms with Gasteiger partial charge in [-0.15, -0.1) is 0 Å². The smallest absolute Gasteiger partial charge is 0.258 e. The molecular weight excluding hydrogens is 340 g/mol. The van der Waals surface area contributed by atoms with Crippen molar-refractivity contribution >= 4 is 28.4 Å². The Morgan fingerprint density at radius 2 is 1.96 bits per heavy atom. The second kappa shape index (κ2) is 7.36. The van der Waals surface area contributed by atoms with Crippen LogP contribution in [0.1, 0.15) is 23.2 Å². The number of nitrogens with zero attached hydrogens (tertiary/aromatic N) is 4. The summed E-state index contributed by atoms with van der Waals surface area (Å²) in [5.41, 5.74) is 2.95. The number of aromatic amines is 1. The maximum Gasteiger partial charge on any atom is 0.258 e. The van der Waals surface area contributed by atoms with Crippen molar-refractivity contribution in [1.82, 2.24) is 20.3 Å². The number of rotatable bonds is 4. The standard InChI is InChI=1S/C20H24N6O/c1-25(15-5-8-21-9-6-15)19-13-23-18-11-14(3-4-17(18)24-19)20(27)26(2)16-7-10-22-12-16/h3-4,7,10-13,15,21-22H,5-6,8-9H2,1-2H3. The molecule has 140 valence electrons. The van der Waals surface area contributed by atoms with E-state index in [4.69, 9.17) is 4.98 Å². The zero-order chi connectivity index (χ0) is 18.8. The average molecular weight is 364 g/mol. The van der Waals surface area contributed by atoms with Crippen LogP contribution in [0.4, 0.5) is 11.5 Å². The molecule has 4 rings (SSSR count). The Labute approximate surface area is 158 Å². The molecule has 0 radical (unpaired) electrons. The first-order chi connectivity index (χ1) is 13.1. The predicted molar refractivity (Wildman–Crippen MR) is 107 cm³/mol. The molecule has 1 aliphatic heterocycles. The van der Waals surface area contributed by atoms with Crippen molar-refractivity contribution in [2.45, 2.75) is 18.9 Å². The number of nitrogens with one attached hydrogen (secondary N) is 2. The lowest BCUT2D eigenvalue weighted by Crippen LogP contribution is -2.41. The molecule has 1 aromatic carbocycles. The molecule has 0 aliphatic carbocycles. The van der Waals surface area contributed by atoms with Gasteiger partial charge in [0.15, 0.2) is 0 Å². The Kier molecular flexibility index (Phi) is 4.77. The van der Waals surface area contributed by atoms with Gasteiger partial charge >= 0.3 is 0 Å². The Morgan fingerprint density at radius 3 is 2.70 bits per heavy atom. The molecule has 1 fully saturated rings. The number of amides is 1. The van der Waals surface area contributed by atoms with Gasteiger partial charge in [0.1, 0.15) is 5.82 Å². The van der Waals surface area contributed by atoms with Crippen molar-refractivity contribution in [2.24, 2.45) is 0 Å². The van der Waals surface area contributed by atoms with E-state index in [2.05, 4.69) is 27.2 Å². The topological polar surface area (TPSA) is 77.2 Å². The summed E-state index contributed by atoms with van der Waals surface area (Å²) in [5, 5.41) is 3.39. The normalized spacial score (nSPS) is 15.0. The average Bonchev–Trinajstić information content (AvgIpc) is 3.27. The minimum Gasteiger partial charge on any atom is -0.366 e. The molecule has 7 heteroatoms. The van der Waals surface area contributed by atoms with Gasteiger partial charge in [0.05, 0.1) is 22.9 Å². The Morgan fingerprint density at radius 1 is 1.15 bits per heavy atom. The molecule has 2 N–H and O–H groups in total. The minimum atomic E-state index is -0.0748. The molecule has 3 heterocycles. The van der Waals surface area contributed by atoms with E-state index in [1.807, 2.05) is 24.3 Å². The van der Waals surface area contributed by atoms with Crippen LogP contribution in [0, 0.1) is 0 Å². The molecule has 3 aromatic rings. The first-order valence-corrected chi connectivity index (χ1v) is 9.24. The predicted octanol–water partition coefficient (Wildman–Crippen LogP) is 2.42. The summed E-state index contributed by atoms with van der Waals surface area (Å²) >= 11 is 0. The highest BCUT2D eigenvalue weighted by molar-refractivity contribution is 6.07. The molecule has 1 saturated heterocycles. The van der Waals surface area contributed by atoms with Gasteiger partial charge < -0.3 is 20.1 Å². The third-order valence-corrected chi connectivity index (χ3v) is 5.27. The zero-order valence-electron chi connectivity index (χ0n) is 15.6. The largest absolute Gasteiger partial charge is 0.366 e. The summed E-state index contributed by atoms with van der Waals surface area (Å²) in [6, 6.07) is 7.84. The van der Waals surface area contributed by atoms with Gasteiger partial charge in [-0.1, -0.05) is 0 Å². The molecule has 1 amide bonds. The molecule has 0 bridgehead atoms. The number of H-pyrrole nitrogens is 1. The van der Waals surface area contributed by atoms with Crippen LogP contribution in [0.15, 0.2) is 42.9 Å². The number of aromatic nitrogens is 3. The minimum absolute atomic E-state index is 0.0748. The fourth-order valence-electron chi connectivity index (χ4n) is 3.52. The fraction of sp³-hybridized carbons (Fsp3) is 0.350. The van der Waals surface area contributed by atoms with E-state index in [9.17, 15) is 4.79 Å². The number of benzene rings is 1. The number of hydrogen-bond acceptors (Lipinski definition) is 5. The van der Waals surface area contributed by atoms with Crippen LogP contribution in [0.5, 0.6) is 0 Å². The van der Waals surface area contributed by atoms with Gasteiger partial charge in [-0.25, -0.2) is 4.98 Å². The van der Waals surface area contributed by atoms with Crippen LogP contribution in [0.2, 0.25) is 0 Å². The van der Waals surface area contributed by atoms with Crippen molar-refractivity contribution in [1.29, 1.82) is 0 Å². The van der Waals surface area contributed by atoms with Crippen LogP contribution >= 0.6 is 0 Å². The fourth-order valence-corrected chi connectivity index (χ4v) is 3.52. The van der Waals surface area contributed by atoms with Crippen molar-refractivity contribution < 1.29 is 4.79 Å². The highest BCUT2D eigenvalue weighted by Gasteiger charge is 2.20. The van der Waals surface area contributed by atoms with Crippen molar-refractivity contribution in [3.05, 3.63) is 48.4 Å². The van der Waals surface area contributed by atoms with Crippen LogP contribution in [-0.2, 0) is 0 Å². The Bertz CT molecular complexity index is 933. The number of carbonyl (C=O) groups is 1. The van der Waals surface area contributed by atoms with Gasteiger partial charge in [0.2, 0.25) is 0 Å². The highest BCUT2D eigenvalue weighted by Crippen LogP contribution is 2.22. The molecule has 0 spiro atoms. The SMILES string of the molecule is CN(C(=O)c1ccc2nc(N(C)C3CCNCC3)cnc2c1)c1cc[nH]c1. The van der Waals surface area contributed by atoms with Crippen LogP contribution in [-0.4, -0.2) is 54.1 Å². The monoisotopic (exact) mass is 364 g/mol. The van der Waals surface area contributed by atoms with Crippen molar-refractivity contribution in [3.8, 4) is 0 Å². The number of anilines is 2. The van der Waals surface area contributed by atoms with E-state index in [0.717, 1.165) is 48.5 Å². The second-order valence-electron chi connectivity index (χ2n) is 6.96. The third kappa shape index (κ3) is 3.50. The van der Waals surface area contributed by atoms with Crippen LogP contribution in [0.25, 0.3) is 11.0 Å². The molecule has 27 heavy (non-hydrogen) atoms. The van der Waals surface area contributed by atoms with E-state index in [1.54, 1.807) is 30.5 Å². The Hall–Kier alpha value is -2.93. The molecule has 1 aliphatic rings. The van der Waals surface area contributed by atoms with Gasteiger partial charge in [-0.3, -0.25) is 9.78 Å². The molecule has 2 aromatic heterocycles. The maximum absolute atomic E-state index is 12.7. The molecule has 0 atom stereocenters. The molecule has 0 saturated carbocycles. The Balaban J connectivity index is 1.57. The van der Waals surface area contributed by atoms with Gasteiger partial charge in [-0.2, -0.15) is 0 Å². The number of hydrogen-bond donors (Lipinski definition) is 2. The summed E-state index contributed by atoms with van der Waals surface area (Å²) in [6.45, 7) is 2.08. The first kappa shape index (κ1) is 17.5.